The average Bonchev–Trinajstić information content (AvgIpc) is 3.34. The smallest absolute Gasteiger partial charge is 0.296 e. The summed E-state index contributed by atoms with van der Waals surface area (Å²) in [6.07, 6.45) is 1.54. The van der Waals surface area contributed by atoms with Crippen LogP contribution in [0.15, 0.2) is 54.1 Å². The Labute approximate surface area is 228 Å². The first kappa shape index (κ1) is 26.9. The van der Waals surface area contributed by atoms with Gasteiger partial charge in [-0.2, -0.15) is 0 Å². The number of benzene rings is 2. The molecule has 206 valence electrons. The van der Waals surface area contributed by atoms with E-state index in [0.717, 1.165) is 6.42 Å². The Morgan fingerprint density at radius 3 is 2.36 bits per heavy atom. The van der Waals surface area contributed by atoms with Crippen molar-refractivity contribution in [3.63, 3.8) is 0 Å². The van der Waals surface area contributed by atoms with Crippen molar-refractivity contribution in [3.8, 4) is 5.75 Å². The van der Waals surface area contributed by atoms with Crippen LogP contribution in [0, 0.1) is 0 Å². The molecule has 1 unspecified atom stereocenters. The SMILES string of the molecule is CCCOc1ccc(/C(O)=C2/C(=O)C(=O)N(CCN3CCOCC3)C23C(=O)N(CCC)c2ccccc23)cc1. The number of fused-ring (bicyclic) bond motifs is 2. The molecule has 1 spiro atoms. The van der Waals surface area contributed by atoms with E-state index in [0.29, 0.717) is 75.0 Å². The molecule has 2 amide bonds. The predicted octanol–water partition coefficient (Wildman–Crippen LogP) is 3.14. The third-order valence-corrected chi connectivity index (χ3v) is 7.60. The van der Waals surface area contributed by atoms with Crippen molar-refractivity contribution in [1.29, 1.82) is 0 Å². The highest BCUT2D eigenvalue weighted by molar-refractivity contribution is 6.50. The number of ketones is 1. The molecule has 3 aliphatic rings. The lowest BCUT2D eigenvalue weighted by Crippen LogP contribution is -2.54. The lowest BCUT2D eigenvalue weighted by atomic mass is 9.82. The van der Waals surface area contributed by atoms with Gasteiger partial charge in [0.2, 0.25) is 0 Å². The Bertz CT molecular complexity index is 1280. The number of likely N-dealkylation sites (tertiary alicyclic amines) is 1. The Hall–Kier alpha value is -3.69. The summed E-state index contributed by atoms with van der Waals surface area (Å²) in [6, 6.07) is 14.0. The van der Waals surface area contributed by atoms with Crippen molar-refractivity contribution < 1.29 is 29.0 Å². The predicted molar refractivity (Wildman–Crippen MR) is 147 cm³/mol. The lowest BCUT2D eigenvalue weighted by molar-refractivity contribution is -0.144. The van der Waals surface area contributed by atoms with Gasteiger partial charge in [0.25, 0.3) is 17.6 Å². The van der Waals surface area contributed by atoms with Crippen molar-refractivity contribution in [2.24, 2.45) is 0 Å². The number of morpholine rings is 1. The number of carbonyl (C=O) groups excluding carboxylic acids is 3. The first-order valence-corrected chi connectivity index (χ1v) is 13.7. The van der Waals surface area contributed by atoms with Crippen LogP contribution in [-0.2, 0) is 24.7 Å². The molecule has 39 heavy (non-hydrogen) atoms. The third kappa shape index (κ3) is 4.49. The van der Waals surface area contributed by atoms with E-state index in [1.807, 2.05) is 26.0 Å². The van der Waals surface area contributed by atoms with Gasteiger partial charge in [-0.05, 0) is 43.2 Å². The number of anilines is 1. The zero-order chi connectivity index (χ0) is 27.6. The van der Waals surface area contributed by atoms with Crippen LogP contribution in [0.1, 0.15) is 37.8 Å². The Kier molecular flexibility index (Phi) is 7.72. The quantitative estimate of drug-likeness (QED) is 0.300. The average molecular weight is 534 g/mol. The van der Waals surface area contributed by atoms with Gasteiger partial charge >= 0.3 is 0 Å². The number of carbonyl (C=O) groups is 3. The molecule has 0 radical (unpaired) electrons. The second-order valence-electron chi connectivity index (χ2n) is 10.0. The van der Waals surface area contributed by atoms with Gasteiger partial charge in [-0.25, -0.2) is 0 Å². The number of Topliss-reactive ketones (excluding diaryl/α,β-unsaturated/α-hetero) is 1. The van der Waals surface area contributed by atoms with Crippen LogP contribution < -0.4 is 9.64 Å². The molecule has 0 bridgehead atoms. The van der Waals surface area contributed by atoms with Gasteiger partial charge in [0.15, 0.2) is 5.54 Å². The maximum absolute atomic E-state index is 14.4. The van der Waals surface area contributed by atoms with Crippen LogP contribution in [0.3, 0.4) is 0 Å². The number of aliphatic hydroxyl groups excluding tert-OH is 1. The topological polar surface area (TPSA) is 99.6 Å². The van der Waals surface area contributed by atoms with Gasteiger partial charge < -0.3 is 24.4 Å². The number of ether oxygens (including phenoxy) is 2. The first-order chi connectivity index (χ1) is 18.9. The number of rotatable bonds is 9. The van der Waals surface area contributed by atoms with Gasteiger partial charge in [0.1, 0.15) is 11.5 Å². The third-order valence-electron chi connectivity index (χ3n) is 7.60. The van der Waals surface area contributed by atoms with Crippen LogP contribution in [0.5, 0.6) is 5.75 Å². The molecule has 1 N–H and O–H groups in total. The van der Waals surface area contributed by atoms with Gasteiger partial charge in [-0.15, -0.1) is 0 Å². The lowest BCUT2D eigenvalue weighted by Gasteiger charge is -2.36. The second-order valence-corrected chi connectivity index (χ2v) is 10.0. The van der Waals surface area contributed by atoms with Gasteiger partial charge in [0, 0.05) is 43.9 Å². The summed E-state index contributed by atoms with van der Waals surface area (Å²) in [7, 11) is 0. The molecule has 2 fully saturated rings. The fourth-order valence-electron chi connectivity index (χ4n) is 5.75. The van der Waals surface area contributed by atoms with E-state index < -0.39 is 23.1 Å². The summed E-state index contributed by atoms with van der Waals surface area (Å²) >= 11 is 0. The van der Waals surface area contributed by atoms with Crippen molar-refractivity contribution in [2.75, 3.05) is 57.4 Å². The standard InChI is InChI=1S/C30H35N3O6/c1-3-13-32-24-8-6-5-7-23(24)30(29(32)37)25(26(34)21-9-11-22(12-10-21)39-18-4-2)27(35)28(36)33(30)15-14-31-16-19-38-20-17-31/h5-12,34H,3-4,13-20H2,1-2H3/b26-25+. The van der Waals surface area contributed by atoms with E-state index in [1.165, 1.54) is 4.90 Å². The molecule has 2 aromatic carbocycles. The Balaban J connectivity index is 1.65. The van der Waals surface area contributed by atoms with Crippen molar-refractivity contribution in [2.45, 2.75) is 32.2 Å². The van der Waals surface area contributed by atoms with Gasteiger partial charge in [-0.1, -0.05) is 32.0 Å². The van der Waals surface area contributed by atoms with Gasteiger partial charge in [0.05, 0.1) is 31.1 Å². The molecule has 0 aromatic heterocycles. The van der Waals surface area contributed by atoms with E-state index >= 15 is 0 Å². The summed E-state index contributed by atoms with van der Waals surface area (Å²) in [5, 5.41) is 11.6. The van der Waals surface area contributed by atoms with Crippen LogP contribution in [-0.4, -0.2) is 85.0 Å². The number of hydrogen-bond acceptors (Lipinski definition) is 7. The highest BCUT2D eigenvalue weighted by Crippen LogP contribution is 2.53. The highest BCUT2D eigenvalue weighted by atomic mass is 16.5. The zero-order valence-electron chi connectivity index (χ0n) is 22.5. The van der Waals surface area contributed by atoms with Gasteiger partial charge in [-0.3, -0.25) is 19.3 Å². The second kappa shape index (κ2) is 11.2. The number of amides is 2. The fourth-order valence-corrected chi connectivity index (χ4v) is 5.75. The molecule has 3 aliphatic heterocycles. The number of nitrogens with zero attached hydrogens (tertiary/aromatic N) is 3. The van der Waals surface area contributed by atoms with Crippen LogP contribution in [0.25, 0.3) is 5.76 Å². The van der Waals surface area contributed by atoms with Crippen molar-refractivity contribution >= 4 is 29.0 Å². The van der Waals surface area contributed by atoms with Crippen LogP contribution in [0.4, 0.5) is 5.69 Å². The van der Waals surface area contributed by atoms with Crippen molar-refractivity contribution in [3.05, 3.63) is 65.2 Å². The highest BCUT2D eigenvalue weighted by Gasteiger charge is 2.66. The maximum Gasteiger partial charge on any atom is 0.296 e. The Morgan fingerprint density at radius 2 is 1.67 bits per heavy atom. The number of aliphatic hydroxyl groups is 1. The maximum atomic E-state index is 14.4. The van der Waals surface area contributed by atoms with Crippen LogP contribution in [0.2, 0.25) is 0 Å². The number of hydrogen-bond donors (Lipinski definition) is 1. The summed E-state index contributed by atoms with van der Waals surface area (Å²) in [4.78, 5) is 47.0. The van der Waals surface area contributed by atoms with E-state index in [4.69, 9.17) is 9.47 Å². The molecule has 2 saturated heterocycles. The largest absolute Gasteiger partial charge is 0.507 e. The van der Waals surface area contributed by atoms with E-state index in [2.05, 4.69) is 4.90 Å². The minimum absolute atomic E-state index is 0.158. The van der Waals surface area contributed by atoms with E-state index in [-0.39, 0.29) is 17.9 Å². The summed E-state index contributed by atoms with van der Waals surface area (Å²) in [5.41, 5.74) is -0.407. The molecule has 1 atom stereocenters. The molecule has 0 aliphatic carbocycles. The Morgan fingerprint density at radius 1 is 0.949 bits per heavy atom. The molecular weight excluding hydrogens is 498 g/mol. The normalized spacial score (nSPS) is 22.7. The monoisotopic (exact) mass is 533 g/mol. The minimum Gasteiger partial charge on any atom is -0.507 e. The molecule has 0 saturated carbocycles. The molecule has 3 heterocycles. The summed E-state index contributed by atoms with van der Waals surface area (Å²) in [5.74, 6) is -1.77. The summed E-state index contributed by atoms with van der Waals surface area (Å²) in [6.45, 7) is 8.19. The van der Waals surface area contributed by atoms with Crippen LogP contribution >= 0.6 is 0 Å². The molecular formula is C30H35N3O6. The van der Waals surface area contributed by atoms with E-state index in [9.17, 15) is 19.5 Å². The van der Waals surface area contributed by atoms with Crippen molar-refractivity contribution in [1.82, 2.24) is 9.80 Å². The fraction of sp³-hybridized carbons (Fsp3) is 0.433. The molecule has 9 heteroatoms. The summed E-state index contributed by atoms with van der Waals surface area (Å²) < 4.78 is 11.1. The first-order valence-electron chi connectivity index (χ1n) is 13.7. The zero-order valence-corrected chi connectivity index (χ0v) is 22.5. The van der Waals surface area contributed by atoms with E-state index in [1.54, 1.807) is 41.3 Å². The minimum atomic E-state index is -1.74. The molecule has 5 rings (SSSR count). The number of para-hydroxylation sites is 1. The molecule has 9 nitrogen and oxygen atoms in total. The molecule has 2 aromatic rings.